The fourth-order valence-corrected chi connectivity index (χ4v) is 3.82. The number of hydrogen-bond donors (Lipinski definition) is 4. The van der Waals surface area contributed by atoms with Gasteiger partial charge in [-0.2, -0.15) is 10.2 Å². The number of aliphatic imine (C=N–C) groups is 2. The molecule has 0 spiro atoms. The summed E-state index contributed by atoms with van der Waals surface area (Å²) in [6, 6.07) is 12.3. The summed E-state index contributed by atoms with van der Waals surface area (Å²) in [5.41, 5.74) is 10.8. The van der Waals surface area contributed by atoms with Crippen molar-refractivity contribution in [3.05, 3.63) is 72.1 Å². The third-order valence-corrected chi connectivity index (χ3v) is 5.71. The van der Waals surface area contributed by atoms with E-state index in [1.165, 1.54) is 0 Å². The Labute approximate surface area is 232 Å². The highest BCUT2D eigenvalue weighted by atomic mass is 79.9. The lowest BCUT2D eigenvalue weighted by atomic mass is 10.1. The summed E-state index contributed by atoms with van der Waals surface area (Å²) in [6.07, 6.45) is 17.4. The Morgan fingerprint density at radius 3 is 1.97 bits per heavy atom. The summed E-state index contributed by atoms with van der Waals surface area (Å²) in [5.74, 6) is 1.44. The summed E-state index contributed by atoms with van der Waals surface area (Å²) in [7, 11) is 0. The van der Waals surface area contributed by atoms with Gasteiger partial charge in [0.15, 0.2) is 0 Å². The number of halogens is 1. The lowest BCUT2D eigenvalue weighted by Crippen LogP contribution is -2.38. The van der Waals surface area contributed by atoms with Crippen LogP contribution in [0.3, 0.4) is 0 Å². The third kappa shape index (κ3) is 7.62. The van der Waals surface area contributed by atoms with Crippen molar-refractivity contribution in [3.8, 4) is 11.3 Å². The molecule has 11 heteroatoms. The molecule has 2 aliphatic heterocycles. The number of benzene rings is 1. The molecule has 0 radical (unpaired) electrons. The molecule has 4 N–H and O–H groups in total. The number of allylic oxidation sites excluding steroid dienone is 2. The molecule has 196 valence electrons. The van der Waals surface area contributed by atoms with Gasteiger partial charge in [-0.3, -0.25) is 9.98 Å². The molecule has 0 saturated heterocycles. The molecular formula is C27H31BrN10. The predicted molar refractivity (Wildman–Crippen MR) is 162 cm³/mol. The number of nitrogens with one attached hydrogen (secondary N) is 4. The van der Waals surface area contributed by atoms with E-state index in [0.29, 0.717) is 0 Å². The summed E-state index contributed by atoms with van der Waals surface area (Å²) in [6.45, 7) is 3.52. The maximum absolute atomic E-state index is 4.76. The molecule has 3 aromatic rings. The second kappa shape index (κ2) is 13.9. The zero-order valence-corrected chi connectivity index (χ0v) is 22.6. The van der Waals surface area contributed by atoms with E-state index in [0.717, 1.165) is 79.0 Å². The third-order valence-electron chi connectivity index (χ3n) is 5.71. The second-order valence-electron chi connectivity index (χ2n) is 8.50. The average Bonchev–Trinajstić information content (AvgIpc) is 3.38. The number of pyridine rings is 1. The van der Waals surface area contributed by atoms with Gasteiger partial charge in [0, 0.05) is 56.6 Å². The molecule has 1 aromatic carbocycles. The molecule has 5 rings (SSSR count). The summed E-state index contributed by atoms with van der Waals surface area (Å²) in [4.78, 5) is 13.4. The Kier molecular flexibility index (Phi) is 9.80. The van der Waals surface area contributed by atoms with Gasteiger partial charge in [0.25, 0.3) is 0 Å². The molecule has 0 saturated carbocycles. The molecule has 0 bridgehead atoms. The topological polar surface area (TPSA) is 115 Å². The number of hydrazone groups is 2. The average molecular weight is 576 g/mol. The Balaban J connectivity index is 0.00000336. The fraction of sp³-hybridized carbons (Fsp3) is 0.222. The highest BCUT2D eigenvalue weighted by Gasteiger charge is 2.05. The van der Waals surface area contributed by atoms with Gasteiger partial charge in [-0.1, -0.05) is 36.4 Å². The molecule has 0 atom stereocenters. The molecule has 0 unspecified atom stereocenters. The van der Waals surface area contributed by atoms with Crippen molar-refractivity contribution < 1.29 is 0 Å². The first-order valence-corrected chi connectivity index (χ1v) is 12.4. The van der Waals surface area contributed by atoms with E-state index in [-0.39, 0.29) is 17.0 Å². The zero-order chi connectivity index (χ0) is 25.1. The number of hydrogen-bond acceptors (Lipinski definition) is 9. The summed E-state index contributed by atoms with van der Waals surface area (Å²) in [5, 5.41) is 14.7. The first kappa shape index (κ1) is 26.8. The maximum Gasteiger partial charge on any atom is 0.212 e. The highest BCUT2D eigenvalue weighted by Crippen LogP contribution is 2.21. The van der Waals surface area contributed by atoms with Crippen molar-refractivity contribution in [1.82, 2.24) is 30.9 Å². The SMILES string of the molecule is Br.C(=C/c1ccc2nc(-c3ccc(/C=C/C=N/NC4=NCCCN4)cc3)cn2c1)/C=N/NC1=NCCCN1. The second-order valence-corrected chi connectivity index (χ2v) is 8.50. The van der Waals surface area contributed by atoms with Gasteiger partial charge in [0.05, 0.1) is 5.69 Å². The molecule has 10 nitrogen and oxygen atoms in total. The molecule has 0 fully saturated rings. The summed E-state index contributed by atoms with van der Waals surface area (Å²) < 4.78 is 2.04. The van der Waals surface area contributed by atoms with Crippen molar-refractivity contribution >= 4 is 59.1 Å². The molecule has 38 heavy (non-hydrogen) atoms. The van der Waals surface area contributed by atoms with E-state index in [1.54, 1.807) is 12.4 Å². The first-order valence-electron chi connectivity index (χ1n) is 12.4. The van der Waals surface area contributed by atoms with Gasteiger partial charge in [-0.05, 0) is 48.3 Å². The lowest BCUT2D eigenvalue weighted by Gasteiger charge is -2.12. The van der Waals surface area contributed by atoms with Crippen LogP contribution in [0.5, 0.6) is 0 Å². The van der Waals surface area contributed by atoms with Gasteiger partial charge in [-0.15, -0.1) is 17.0 Å². The van der Waals surface area contributed by atoms with Gasteiger partial charge < -0.3 is 15.0 Å². The van der Waals surface area contributed by atoms with Crippen LogP contribution in [0.2, 0.25) is 0 Å². The zero-order valence-electron chi connectivity index (χ0n) is 20.9. The van der Waals surface area contributed by atoms with E-state index in [2.05, 4.69) is 72.1 Å². The van der Waals surface area contributed by atoms with Gasteiger partial charge in [0.1, 0.15) is 5.65 Å². The van der Waals surface area contributed by atoms with Crippen molar-refractivity contribution in [3.63, 3.8) is 0 Å². The van der Waals surface area contributed by atoms with Crippen LogP contribution in [-0.2, 0) is 0 Å². The van der Waals surface area contributed by atoms with Crippen molar-refractivity contribution in [2.75, 3.05) is 26.2 Å². The number of imidazole rings is 1. The van der Waals surface area contributed by atoms with Crippen LogP contribution in [-0.4, -0.2) is 59.9 Å². The number of aromatic nitrogens is 2. The fourth-order valence-electron chi connectivity index (χ4n) is 3.82. The maximum atomic E-state index is 4.76. The predicted octanol–water partition coefficient (Wildman–Crippen LogP) is 3.46. The lowest BCUT2D eigenvalue weighted by molar-refractivity contribution is 0.712. The van der Waals surface area contributed by atoms with Crippen LogP contribution in [0.4, 0.5) is 0 Å². The number of nitrogens with zero attached hydrogens (tertiary/aromatic N) is 6. The van der Waals surface area contributed by atoms with Gasteiger partial charge in [0.2, 0.25) is 11.9 Å². The van der Waals surface area contributed by atoms with Crippen LogP contribution in [0.25, 0.3) is 29.1 Å². The minimum absolute atomic E-state index is 0. The van der Waals surface area contributed by atoms with Crippen LogP contribution in [0, 0.1) is 0 Å². The number of rotatable bonds is 7. The Bertz CT molecular complexity index is 1380. The van der Waals surface area contributed by atoms with Gasteiger partial charge in [-0.25, -0.2) is 15.8 Å². The van der Waals surface area contributed by atoms with Crippen LogP contribution in [0.1, 0.15) is 24.0 Å². The Morgan fingerprint density at radius 2 is 1.37 bits per heavy atom. The minimum Gasteiger partial charge on any atom is -0.355 e. The van der Waals surface area contributed by atoms with Crippen molar-refractivity contribution in [2.45, 2.75) is 12.8 Å². The monoisotopic (exact) mass is 574 g/mol. The van der Waals surface area contributed by atoms with Gasteiger partial charge >= 0.3 is 0 Å². The van der Waals surface area contributed by atoms with E-state index < -0.39 is 0 Å². The molecule has 0 aliphatic carbocycles. The van der Waals surface area contributed by atoms with Crippen LogP contribution >= 0.6 is 17.0 Å². The number of guanidine groups is 2. The molecular weight excluding hydrogens is 544 g/mol. The van der Waals surface area contributed by atoms with E-state index >= 15 is 0 Å². The quantitative estimate of drug-likeness (QED) is 0.255. The van der Waals surface area contributed by atoms with E-state index in [9.17, 15) is 0 Å². The smallest absolute Gasteiger partial charge is 0.212 e. The molecule has 2 aromatic heterocycles. The Morgan fingerprint density at radius 1 is 0.763 bits per heavy atom. The number of fused-ring (bicyclic) bond motifs is 1. The van der Waals surface area contributed by atoms with Crippen molar-refractivity contribution in [2.24, 2.45) is 20.2 Å². The Hall–Kier alpha value is -4.25. The minimum atomic E-state index is 0. The largest absolute Gasteiger partial charge is 0.355 e. The first-order chi connectivity index (χ1) is 18.3. The molecule has 2 aliphatic rings. The van der Waals surface area contributed by atoms with Crippen molar-refractivity contribution in [1.29, 1.82) is 0 Å². The highest BCUT2D eigenvalue weighted by molar-refractivity contribution is 8.93. The summed E-state index contributed by atoms with van der Waals surface area (Å²) >= 11 is 0. The standard InChI is InChI=1S/C27H30N10.BrH/c1(17-32-35-26-28-13-3-14-29-26)5-21-7-10-23(11-8-21)24-20-37-19-22(9-12-25(37)34-24)6-2-18-33-36-27-30-15-4-16-31-27;/h1-2,5-12,17-20H,3-4,13-16H2,(H2,28,29,35)(H2,30,31,36);1H/b5-1+,6-2-,32-17+,33-18+;. The van der Waals surface area contributed by atoms with Crippen LogP contribution in [0.15, 0.2) is 81.1 Å². The van der Waals surface area contributed by atoms with E-state index in [1.807, 2.05) is 47.0 Å². The van der Waals surface area contributed by atoms with Crippen LogP contribution < -0.4 is 21.5 Å². The van der Waals surface area contributed by atoms with E-state index in [4.69, 9.17) is 4.98 Å². The molecule has 4 heterocycles. The normalized spacial score (nSPS) is 15.9. The molecule has 0 amide bonds.